The molecule has 0 amide bonds. The average Bonchev–Trinajstić information content (AvgIpc) is 2.37. The first kappa shape index (κ1) is 16.1. The number of ether oxygens (including phenoxy) is 1. The Morgan fingerprint density at radius 1 is 1.16 bits per heavy atom. The molecule has 1 rings (SSSR count). The maximum absolute atomic E-state index is 11.9. The minimum Gasteiger partial charge on any atom is -0.394 e. The van der Waals surface area contributed by atoms with E-state index in [0.29, 0.717) is 0 Å². The number of aryl methyl sites for hydroxylation is 1. The van der Waals surface area contributed by atoms with Crippen LogP contribution in [0, 0.1) is 6.92 Å². The van der Waals surface area contributed by atoms with Crippen molar-refractivity contribution in [1.29, 1.82) is 0 Å². The molecule has 0 spiro atoms. The van der Waals surface area contributed by atoms with Crippen molar-refractivity contribution in [3.8, 4) is 0 Å². The lowest BCUT2D eigenvalue weighted by atomic mass is 10.2. The van der Waals surface area contributed by atoms with Gasteiger partial charge in [0.05, 0.1) is 30.3 Å². The van der Waals surface area contributed by atoms with E-state index in [-0.39, 0.29) is 24.2 Å². The van der Waals surface area contributed by atoms with Gasteiger partial charge in [0.1, 0.15) is 0 Å². The van der Waals surface area contributed by atoms with Gasteiger partial charge in [0.15, 0.2) is 0 Å². The Morgan fingerprint density at radius 2 is 1.74 bits per heavy atom. The van der Waals surface area contributed by atoms with E-state index in [1.165, 1.54) is 12.1 Å². The van der Waals surface area contributed by atoms with Crippen LogP contribution in [0.2, 0.25) is 0 Å². The smallest absolute Gasteiger partial charge is 0.297 e. The molecule has 6 heteroatoms. The van der Waals surface area contributed by atoms with Crippen LogP contribution in [0.5, 0.6) is 0 Å². The minimum absolute atomic E-state index is 0.0828. The molecule has 0 fully saturated rings. The molecule has 0 bridgehead atoms. The Bertz CT molecular complexity index is 480. The van der Waals surface area contributed by atoms with Gasteiger partial charge in [-0.2, -0.15) is 8.42 Å². The van der Waals surface area contributed by atoms with E-state index in [1.54, 1.807) is 26.0 Å². The fourth-order valence-corrected chi connectivity index (χ4v) is 2.41. The zero-order valence-corrected chi connectivity index (χ0v) is 12.2. The lowest BCUT2D eigenvalue weighted by molar-refractivity contribution is -0.0372. The summed E-state index contributed by atoms with van der Waals surface area (Å²) >= 11 is 0. The third-order valence-electron chi connectivity index (χ3n) is 2.49. The highest BCUT2D eigenvalue weighted by Crippen LogP contribution is 2.14. The van der Waals surface area contributed by atoms with Crippen LogP contribution in [0.4, 0.5) is 0 Å². The maximum atomic E-state index is 11.9. The van der Waals surface area contributed by atoms with Crippen molar-refractivity contribution in [2.24, 2.45) is 0 Å². The predicted octanol–water partition coefficient (Wildman–Crippen LogP) is 1.49. The van der Waals surface area contributed by atoms with E-state index in [9.17, 15) is 8.42 Å². The second-order valence-electron chi connectivity index (χ2n) is 4.49. The number of benzene rings is 1. The van der Waals surface area contributed by atoms with Crippen LogP contribution in [0.15, 0.2) is 29.2 Å². The highest BCUT2D eigenvalue weighted by Gasteiger charge is 2.17. The summed E-state index contributed by atoms with van der Waals surface area (Å²) in [5, 5.41) is 8.83. The van der Waals surface area contributed by atoms with E-state index in [2.05, 4.69) is 0 Å². The van der Waals surface area contributed by atoms with Gasteiger partial charge in [-0.3, -0.25) is 4.18 Å². The highest BCUT2D eigenvalue weighted by molar-refractivity contribution is 7.86. The summed E-state index contributed by atoms with van der Waals surface area (Å²) in [6, 6.07) is 6.44. The highest BCUT2D eigenvalue weighted by atomic mass is 32.2. The summed E-state index contributed by atoms with van der Waals surface area (Å²) in [4.78, 5) is 0.125. The molecule has 108 valence electrons. The molecule has 1 aromatic carbocycles. The maximum Gasteiger partial charge on any atom is 0.297 e. The molecule has 2 atom stereocenters. The van der Waals surface area contributed by atoms with E-state index in [0.717, 1.165) is 5.56 Å². The van der Waals surface area contributed by atoms with Crippen LogP contribution in [0.1, 0.15) is 19.4 Å². The van der Waals surface area contributed by atoms with Gasteiger partial charge in [0, 0.05) is 0 Å². The third kappa shape index (κ3) is 5.28. The van der Waals surface area contributed by atoms with Gasteiger partial charge in [-0.25, -0.2) is 0 Å². The average molecular weight is 288 g/mol. The second kappa shape index (κ2) is 7.00. The second-order valence-corrected chi connectivity index (χ2v) is 6.11. The molecule has 2 unspecified atom stereocenters. The molecule has 19 heavy (non-hydrogen) atoms. The van der Waals surface area contributed by atoms with Crippen LogP contribution in [-0.4, -0.2) is 38.9 Å². The van der Waals surface area contributed by atoms with Crippen molar-refractivity contribution in [3.63, 3.8) is 0 Å². The Balaban J connectivity index is 2.58. The van der Waals surface area contributed by atoms with Crippen LogP contribution in [0.25, 0.3) is 0 Å². The molecule has 0 saturated carbocycles. The molecular weight excluding hydrogens is 268 g/mol. The van der Waals surface area contributed by atoms with Gasteiger partial charge in [-0.15, -0.1) is 0 Å². The number of aliphatic hydroxyl groups excluding tert-OH is 1. The Labute approximate surface area is 114 Å². The van der Waals surface area contributed by atoms with Crippen LogP contribution < -0.4 is 0 Å². The van der Waals surface area contributed by atoms with Gasteiger partial charge in [-0.05, 0) is 32.9 Å². The molecule has 0 saturated heterocycles. The number of aliphatic hydroxyl groups is 1. The molecule has 0 aromatic heterocycles. The van der Waals surface area contributed by atoms with Crippen molar-refractivity contribution < 1.29 is 22.4 Å². The van der Waals surface area contributed by atoms with E-state index < -0.39 is 16.2 Å². The van der Waals surface area contributed by atoms with Gasteiger partial charge in [0.25, 0.3) is 10.1 Å². The normalized spacial score (nSPS) is 15.2. The van der Waals surface area contributed by atoms with E-state index in [1.807, 2.05) is 6.92 Å². The van der Waals surface area contributed by atoms with Crippen molar-refractivity contribution in [1.82, 2.24) is 0 Å². The summed E-state index contributed by atoms with van der Waals surface area (Å²) in [6.45, 7) is 5.07. The largest absolute Gasteiger partial charge is 0.394 e. The lowest BCUT2D eigenvalue weighted by Gasteiger charge is -2.17. The quantitative estimate of drug-likeness (QED) is 0.769. The zero-order valence-electron chi connectivity index (χ0n) is 11.4. The lowest BCUT2D eigenvalue weighted by Crippen LogP contribution is -2.25. The molecule has 5 nitrogen and oxygen atoms in total. The van der Waals surface area contributed by atoms with Crippen molar-refractivity contribution >= 4 is 10.1 Å². The monoisotopic (exact) mass is 288 g/mol. The Hall–Kier alpha value is -0.950. The first-order chi connectivity index (χ1) is 8.85. The van der Waals surface area contributed by atoms with Crippen LogP contribution >= 0.6 is 0 Å². The Morgan fingerprint density at radius 3 is 2.26 bits per heavy atom. The van der Waals surface area contributed by atoms with Gasteiger partial charge in [0.2, 0.25) is 0 Å². The zero-order chi connectivity index (χ0) is 14.5. The van der Waals surface area contributed by atoms with E-state index >= 15 is 0 Å². The SMILES string of the molecule is Cc1ccc(S(=O)(=O)OCC(C)OC(C)CO)cc1. The summed E-state index contributed by atoms with van der Waals surface area (Å²) in [6.07, 6.45) is -0.761. The molecule has 0 aliphatic rings. The predicted molar refractivity (Wildman–Crippen MR) is 71.4 cm³/mol. The molecule has 0 heterocycles. The molecule has 0 aliphatic heterocycles. The standard InChI is InChI=1S/C13H20O5S/c1-10-4-6-13(7-5-10)19(15,16)17-9-12(3)18-11(2)8-14/h4-7,11-12,14H,8-9H2,1-3H3. The summed E-state index contributed by atoms with van der Waals surface area (Å²) < 4.78 is 34.0. The van der Waals surface area contributed by atoms with E-state index in [4.69, 9.17) is 14.0 Å². The minimum atomic E-state index is -3.76. The third-order valence-corrected chi connectivity index (χ3v) is 3.79. The molecular formula is C13H20O5S. The molecule has 0 aliphatic carbocycles. The number of rotatable bonds is 7. The van der Waals surface area contributed by atoms with Crippen LogP contribution in [0.3, 0.4) is 0 Å². The molecule has 1 aromatic rings. The fourth-order valence-electron chi connectivity index (χ4n) is 1.44. The van der Waals surface area contributed by atoms with Gasteiger partial charge in [-0.1, -0.05) is 17.7 Å². The van der Waals surface area contributed by atoms with Crippen molar-refractivity contribution in [3.05, 3.63) is 29.8 Å². The topological polar surface area (TPSA) is 72.8 Å². The van der Waals surface area contributed by atoms with Crippen molar-refractivity contribution in [2.45, 2.75) is 37.9 Å². The Kier molecular flexibility index (Phi) is 5.93. The van der Waals surface area contributed by atoms with Crippen molar-refractivity contribution in [2.75, 3.05) is 13.2 Å². The first-order valence-electron chi connectivity index (χ1n) is 6.07. The summed E-state index contributed by atoms with van der Waals surface area (Å²) in [5.41, 5.74) is 0.979. The number of hydrogen-bond acceptors (Lipinski definition) is 5. The van der Waals surface area contributed by atoms with Gasteiger partial charge < -0.3 is 9.84 Å². The van der Waals surface area contributed by atoms with Gasteiger partial charge >= 0.3 is 0 Å². The van der Waals surface area contributed by atoms with Crippen LogP contribution in [-0.2, 0) is 19.0 Å². The molecule has 0 radical (unpaired) electrons. The first-order valence-corrected chi connectivity index (χ1v) is 7.48. The number of hydrogen-bond donors (Lipinski definition) is 1. The molecule has 1 N–H and O–H groups in total. The summed E-state index contributed by atoms with van der Waals surface area (Å²) in [7, 11) is -3.76. The summed E-state index contributed by atoms with van der Waals surface area (Å²) in [5.74, 6) is 0. The fraction of sp³-hybridized carbons (Fsp3) is 0.538.